The second kappa shape index (κ2) is 21.9. The molecular weight excluding hydrogens is 977 g/mol. The molecule has 0 aliphatic carbocycles. The normalized spacial score (nSPS) is 16.8. The van der Waals surface area contributed by atoms with E-state index in [0.717, 1.165) is 37.9 Å². The van der Waals surface area contributed by atoms with Gasteiger partial charge in [-0.3, -0.25) is 32.9 Å². The molecule has 9 rings (SSSR count). The number of carbonyl (C=O) groups excluding carboxylic acids is 3. The quantitative estimate of drug-likeness (QED) is 0.0160. The van der Waals surface area contributed by atoms with Crippen LogP contribution in [-0.4, -0.2) is 88.3 Å². The van der Waals surface area contributed by atoms with Gasteiger partial charge in [0.15, 0.2) is 22.1 Å². The SMILES string of the molecule is CO/N=C(/C(=O)NC1C(=O)N2C(C(=O)OC(c3ccccc3)c3ccccc3)=C(/C=C/Sc3n[nH]c(=O)c(=O)n3CCO)CS(=O)C12)c1csc(NC(c2ccccc2)(c2ccccc2)c2ccccc2)n1. The number of thiazole rings is 1. The standard InChI is InChI=1S/C52H44N8O9S3/c1-68-58-40(39-31-71-50(53-39)55-52(36-21-11-4-12-22-36,37-23-13-5-14-24-37)38-25-15-6-16-26-38)44(62)54-41-46(64)60-42(49(66)69-43(33-17-7-2-8-18-33)34-19-9-3-10-20-34)35(32-72(67)48(41)60)27-30-70-51-57-56-45(63)47(65)59(51)28-29-61/h2-27,30-31,41,43,48,61H,28-29,32H2,1H3,(H,53,55)(H,54,62)(H,56,63)/b30-27+,58-40+. The molecule has 0 bridgehead atoms. The van der Waals surface area contributed by atoms with Crippen molar-refractivity contribution in [2.75, 3.05) is 24.8 Å². The first-order valence-electron chi connectivity index (χ1n) is 22.3. The Morgan fingerprint density at radius 2 is 1.44 bits per heavy atom. The summed E-state index contributed by atoms with van der Waals surface area (Å²) in [6.07, 6.45) is 0.514. The topological polar surface area (TPSA) is 227 Å². The van der Waals surface area contributed by atoms with E-state index in [9.17, 15) is 33.3 Å². The van der Waals surface area contributed by atoms with E-state index in [4.69, 9.17) is 14.6 Å². The Morgan fingerprint density at radius 1 is 0.889 bits per heavy atom. The zero-order valence-electron chi connectivity index (χ0n) is 38.2. The number of hydrogen-bond donors (Lipinski definition) is 4. The minimum absolute atomic E-state index is 0.0138. The molecule has 3 unspecified atom stereocenters. The molecule has 7 aromatic rings. The third kappa shape index (κ3) is 9.84. The number of aromatic nitrogens is 4. The van der Waals surface area contributed by atoms with E-state index in [1.807, 2.05) is 103 Å². The van der Waals surface area contributed by atoms with E-state index >= 15 is 0 Å². The van der Waals surface area contributed by atoms with Crippen LogP contribution in [0.3, 0.4) is 0 Å². The smallest absolute Gasteiger partial charge is 0.356 e. The van der Waals surface area contributed by atoms with E-state index < -0.39 is 69.4 Å². The number of fused-ring (bicyclic) bond motifs is 1. The summed E-state index contributed by atoms with van der Waals surface area (Å²) < 4.78 is 21.5. The number of anilines is 1. The molecule has 0 saturated carbocycles. The van der Waals surface area contributed by atoms with Gasteiger partial charge in [-0.25, -0.2) is 14.9 Å². The van der Waals surface area contributed by atoms with Crippen LogP contribution in [0.5, 0.6) is 0 Å². The number of ether oxygens (including phenoxy) is 1. The highest BCUT2D eigenvalue weighted by Crippen LogP contribution is 2.41. The van der Waals surface area contributed by atoms with E-state index in [1.165, 1.54) is 29.9 Å². The first-order valence-corrected chi connectivity index (χ1v) is 25.5. The summed E-state index contributed by atoms with van der Waals surface area (Å²) in [5.74, 6) is -2.79. The number of allylic oxidation sites excluding steroid dienone is 1. The van der Waals surface area contributed by atoms with Crippen LogP contribution in [0.4, 0.5) is 5.13 Å². The molecule has 4 N–H and O–H groups in total. The highest BCUT2D eigenvalue weighted by Gasteiger charge is 2.57. The van der Waals surface area contributed by atoms with Gasteiger partial charge >= 0.3 is 17.1 Å². The molecule has 4 heterocycles. The lowest BCUT2D eigenvalue weighted by Crippen LogP contribution is -2.74. The molecule has 2 aromatic heterocycles. The molecule has 1 fully saturated rings. The van der Waals surface area contributed by atoms with Crippen LogP contribution in [0, 0.1) is 0 Å². The van der Waals surface area contributed by atoms with E-state index in [2.05, 4.69) is 26.0 Å². The maximum atomic E-state index is 14.7. The number of oxime groups is 1. The predicted octanol–water partition coefficient (Wildman–Crippen LogP) is 5.44. The number of amides is 2. The molecule has 0 spiro atoms. The first-order chi connectivity index (χ1) is 35.1. The number of esters is 1. The van der Waals surface area contributed by atoms with Crippen LogP contribution < -0.4 is 21.8 Å². The summed E-state index contributed by atoms with van der Waals surface area (Å²) in [5, 5.41) is 28.4. The van der Waals surface area contributed by atoms with Crippen molar-refractivity contribution in [3.63, 3.8) is 0 Å². The second-order valence-corrected chi connectivity index (χ2v) is 19.4. The molecule has 2 amide bonds. The van der Waals surface area contributed by atoms with Crippen molar-refractivity contribution >= 4 is 62.5 Å². The molecule has 364 valence electrons. The number of nitrogens with one attached hydrogen (secondary N) is 3. The van der Waals surface area contributed by atoms with Crippen LogP contribution in [0.25, 0.3) is 0 Å². The number of nitrogens with zero attached hydrogens (tertiary/aromatic N) is 5. The molecule has 2 aliphatic heterocycles. The van der Waals surface area contributed by atoms with Gasteiger partial charge in [0.2, 0.25) is 0 Å². The van der Waals surface area contributed by atoms with Crippen molar-refractivity contribution < 1.29 is 33.3 Å². The van der Waals surface area contributed by atoms with Crippen LogP contribution in [0.2, 0.25) is 0 Å². The van der Waals surface area contributed by atoms with Crippen molar-refractivity contribution in [1.29, 1.82) is 0 Å². The summed E-state index contributed by atoms with van der Waals surface area (Å²) in [4.78, 5) is 79.1. The van der Waals surface area contributed by atoms with Gasteiger partial charge in [-0.1, -0.05) is 169 Å². The number of H-pyrrole nitrogens is 1. The Kier molecular flexibility index (Phi) is 14.9. The number of hydrogen-bond acceptors (Lipinski definition) is 15. The Labute approximate surface area is 422 Å². The summed E-state index contributed by atoms with van der Waals surface area (Å²) >= 11 is 2.10. The average Bonchev–Trinajstić information content (AvgIpc) is 3.88. The van der Waals surface area contributed by atoms with Gasteiger partial charge in [0.25, 0.3) is 11.8 Å². The number of aliphatic hydroxyl groups excluding tert-OH is 1. The fraction of sp³-hybridized carbons (Fsp3) is 0.154. The molecule has 3 atom stereocenters. The van der Waals surface area contributed by atoms with Gasteiger partial charge in [-0.2, -0.15) is 0 Å². The maximum Gasteiger partial charge on any atom is 0.356 e. The van der Waals surface area contributed by atoms with Crippen molar-refractivity contribution in [2.45, 2.75) is 34.8 Å². The van der Waals surface area contributed by atoms with E-state index in [-0.39, 0.29) is 40.1 Å². The zero-order valence-corrected chi connectivity index (χ0v) is 40.6. The van der Waals surface area contributed by atoms with Crippen LogP contribution in [0.15, 0.2) is 200 Å². The summed E-state index contributed by atoms with van der Waals surface area (Å²) in [6.45, 7) is -0.676. The second-order valence-electron chi connectivity index (χ2n) is 16.1. The minimum Gasteiger partial charge on any atom is -0.448 e. The number of aliphatic hydroxyl groups is 1. The van der Waals surface area contributed by atoms with Crippen molar-refractivity contribution in [3.8, 4) is 0 Å². The molecule has 5 aromatic carbocycles. The van der Waals surface area contributed by atoms with Gasteiger partial charge in [0, 0.05) is 5.38 Å². The van der Waals surface area contributed by atoms with Crippen molar-refractivity contribution in [1.82, 2.24) is 30.0 Å². The lowest BCUT2D eigenvalue weighted by atomic mass is 9.77. The molecule has 1 saturated heterocycles. The highest BCUT2D eigenvalue weighted by molar-refractivity contribution is 8.02. The number of thioether (sulfide) groups is 1. The summed E-state index contributed by atoms with van der Waals surface area (Å²) in [6, 6.07) is 46.4. The summed E-state index contributed by atoms with van der Waals surface area (Å²) in [7, 11) is -0.648. The Bertz CT molecular complexity index is 3200. The monoisotopic (exact) mass is 1020 g/mol. The molecule has 0 radical (unpaired) electrons. The molecule has 17 nitrogen and oxygen atoms in total. The number of aromatic amines is 1. The Morgan fingerprint density at radius 3 is 1.99 bits per heavy atom. The van der Waals surface area contributed by atoms with Crippen LogP contribution >= 0.6 is 23.1 Å². The predicted molar refractivity (Wildman–Crippen MR) is 273 cm³/mol. The Balaban J connectivity index is 1.02. The van der Waals surface area contributed by atoms with Gasteiger partial charge in [-0.05, 0) is 44.9 Å². The number of carbonyl (C=O) groups is 3. The number of rotatable bonds is 18. The van der Waals surface area contributed by atoms with Gasteiger partial charge in [0.1, 0.15) is 35.5 Å². The minimum atomic E-state index is -1.92. The third-order valence-corrected chi connectivity index (χ3v) is 15.0. The number of β-lactam (4-membered cyclic amide) rings is 1. The largest absolute Gasteiger partial charge is 0.448 e. The molecule has 72 heavy (non-hydrogen) atoms. The lowest BCUT2D eigenvalue weighted by molar-refractivity contribution is -0.154. The van der Waals surface area contributed by atoms with E-state index in [0.29, 0.717) is 16.3 Å². The maximum absolute atomic E-state index is 14.7. The molecular formula is C52H44N8O9S3. The van der Waals surface area contributed by atoms with E-state index in [1.54, 1.807) is 53.9 Å². The van der Waals surface area contributed by atoms with Gasteiger partial charge in [0.05, 0.1) is 29.7 Å². The van der Waals surface area contributed by atoms with Crippen molar-refractivity contribution in [2.24, 2.45) is 5.16 Å². The highest BCUT2D eigenvalue weighted by atomic mass is 32.2. The van der Waals surface area contributed by atoms with Crippen LogP contribution in [0.1, 0.15) is 39.6 Å². The third-order valence-electron chi connectivity index (χ3n) is 11.8. The van der Waals surface area contributed by atoms with Gasteiger partial charge < -0.3 is 25.3 Å². The first kappa shape index (κ1) is 49.0. The lowest BCUT2D eigenvalue weighted by Gasteiger charge is -2.49. The molecule has 2 aliphatic rings. The average molecular weight is 1020 g/mol. The fourth-order valence-corrected chi connectivity index (χ4v) is 11.7. The summed E-state index contributed by atoms with van der Waals surface area (Å²) in [5.41, 5.74) is 0.998. The van der Waals surface area contributed by atoms with Crippen LogP contribution in [-0.2, 0) is 46.8 Å². The van der Waals surface area contributed by atoms with Gasteiger partial charge in [-0.15, -0.1) is 16.4 Å². The number of benzene rings is 5. The fourth-order valence-electron chi connectivity index (χ4n) is 8.54. The molecule has 20 heteroatoms. The van der Waals surface area contributed by atoms with Crippen molar-refractivity contribution in [3.05, 3.63) is 234 Å². The Hall–Kier alpha value is -8.04. The zero-order chi connectivity index (χ0) is 50.2.